The molecule has 3 atom stereocenters. The molecule has 0 N–H and O–H groups in total. The van der Waals surface area contributed by atoms with Crippen LogP contribution in [0.5, 0.6) is 5.75 Å². The monoisotopic (exact) mass is 349 g/mol. The van der Waals surface area contributed by atoms with Crippen LogP contribution in [0.1, 0.15) is 43.7 Å². The molecule has 2 aliphatic rings. The number of hydrogen-bond donors (Lipinski definition) is 0. The molecule has 138 valence electrons. The molecule has 2 aromatic carbocycles. The van der Waals surface area contributed by atoms with E-state index in [0.29, 0.717) is 0 Å². The van der Waals surface area contributed by atoms with Crippen molar-refractivity contribution in [3.05, 3.63) is 59.7 Å². The molecule has 1 heterocycles. The summed E-state index contributed by atoms with van der Waals surface area (Å²) in [6.45, 7) is 6.60. The van der Waals surface area contributed by atoms with E-state index in [0.717, 1.165) is 37.1 Å². The lowest BCUT2D eigenvalue weighted by Gasteiger charge is -2.34. The normalized spacial score (nSPS) is 25.2. The number of ether oxygens (including phenoxy) is 1. The molecule has 0 radical (unpaired) electrons. The summed E-state index contributed by atoms with van der Waals surface area (Å²) < 4.78 is 6.23. The van der Waals surface area contributed by atoms with Crippen LogP contribution in [0, 0.1) is 18.8 Å². The minimum atomic E-state index is 0.280. The van der Waals surface area contributed by atoms with E-state index < -0.39 is 0 Å². The standard InChI is InChI=1S/C24H31NO/c1-18-5-13-23(14-6-18)26-24-4-3-15-25(17-24)22-11-8-20(9-12-22)7-10-21-16-19(21)2/h5-6,8-9,11-14,19,21,24H,3-4,7,10,15-17H2,1-2H3/t19?,21-,24?/m1/s1. The zero-order valence-corrected chi connectivity index (χ0v) is 16.2. The molecule has 1 saturated carbocycles. The molecule has 0 spiro atoms. The highest BCUT2D eigenvalue weighted by Gasteiger charge is 2.31. The van der Waals surface area contributed by atoms with Gasteiger partial charge in [-0.15, -0.1) is 0 Å². The van der Waals surface area contributed by atoms with Crippen molar-refractivity contribution in [2.75, 3.05) is 18.0 Å². The van der Waals surface area contributed by atoms with Gasteiger partial charge in [-0.25, -0.2) is 0 Å². The molecule has 1 saturated heterocycles. The van der Waals surface area contributed by atoms with Gasteiger partial charge >= 0.3 is 0 Å². The number of benzene rings is 2. The Morgan fingerprint density at radius 2 is 1.77 bits per heavy atom. The molecule has 0 aromatic heterocycles. The highest BCUT2D eigenvalue weighted by atomic mass is 16.5. The SMILES string of the molecule is Cc1ccc(OC2CCCN(c3ccc(CC[C@@H]4CC4C)cc3)C2)cc1. The fraction of sp³-hybridized carbons (Fsp3) is 0.500. The molecule has 2 nitrogen and oxygen atoms in total. The number of piperidine rings is 1. The van der Waals surface area contributed by atoms with Crippen LogP contribution in [0.4, 0.5) is 5.69 Å². The lowest BCUT2D eigenvalue weighted by molar-refractivity contribution is 0.179. The maximum atomic E-state index is 6.23. The second-order valence-electron chi connectivity index (χ2n) is 8.32. The topological polar surface area (TPSA) is 12.5 Å². The number of nitrogens with zero attached hydrogens (tertiary/aromatic N) is 1. The Balaban J connectivity index is 1.32. The van der Waals surface area contributed by atoms with Gasteiger partial charge in [0, 0.05) is 12.2 Å². The van der Waals surface area contributed by atoms with Crippen molar-refractivity contribution in [2.24, 2.45) is 11.8 Å². The summed E-state index contributed by atoms with van der Waals surface area (Å²) in [5, 5.41) is 0. The maximum Gasteiger partial charge on any atom is 0.119 e. The molecule has 1 aliphatic heterocycles. The number of aryl methyl sites for hydroxylation is 2. The molecule has 1 aliphatic carbocycles. The molecule has 2 heteroatoms. The van der Waals surface area contributed by atoms with Gasteiger partial charge in [0.15, 0.2) is 0 Å². The first-order valence-electron chi connectivity index (χ1n) is 10.2. The summed E-state index contributed by atoms with van der Waals surface area (Å²) in [5.74, 6) is 2.94. The van der Waals surface area contributed by atoms with Crippen LogP contribution in [0.25, 0.3) is 0 Å². The van der Waals surface area contributed by atoms with E-state index in [-0.39, 0.29) is 6.10 Å². The van der Waals surface area contributed by atoms with E-state index in [1.807, 2.05) is 0 Å². The van der Waals surface area contributed by atoms with Crippen LogP contribution >= 0.6 is 0 Å². The quantitative estimate of drug-likeness (QED) is 0.670. The lowest BCUT2D eigenvalue weighted by Crippen LogP contribution is -2.41. The molecule has 2 unspecified atom stereocenters. The smallest absolute Gasteiger partial charge is 0.119 e. The van der Waals surface area contributed by atoms with Gasteiger partial charge in [0.2, 0.25) is 0 Å². The van der Waals surface area contributed by atoms with Crippen LogP contribution in [0.3, 0.4) is 0 Å². The van der Waals surface area contributed by atoms with E-state index in [2.05, 4.69) is 67.3 Å². The van der Waals surface area contributed by atoms with Gasteiger partial charge in [-0.05, 0) is 80.7 Å². The third-order valence-electron chi connectivity index (χ3n) is 6.08. The molecule has 2 fully saturated rings. The van der Waals surface area contributed by atoms with Crippen LogP contribution < -0.4 is 9.64 Å². The van der Waals surface area contributed by atoms with Crippen molar-refractivity contribution in [1.82, 2.24) is 0 Å². The summed E-state index contributed by atoms with van der Waals surface area (Å²) in [4.78, 5) is 2.48. The van der Waals surface area contributed by atoms with Gasteiger partial charge in [0.25, 0.3) is 0 Å². The number of hydrogen-bond acceptors (Lipinski definition) is 2. The summed E-state index contributed by atoms with van der Waals surface area (Å²) in [7, 11) is 0. The molecule has 4 rings (SSSR count). The third-order valence-corrected chi connectivity index (χ3v) is 6.08. The Bertz CT molecular complexity index is 706. The third kappa shape index (κ3) is 4.41. The number of rotatable bonds is 6. The molecule has 0 amide bonds. The van der Waals surface area contributed by atoms with E-state index in [1.165, 1.54) is 42.5 Å². The van der Waals surface area contributed by atoms with Gasteiger partial charge in [-0.1, -0.05) is 36.8 Å². The molecule has 2 aromatic rings. The minimum absolute atomic E-state index is 0.280. The first-order chi connectivity index (χ1) is 12.7. The Kier molecular flexibility index (Phi) is 5.19. The fourth-order valence-corrected chi connectivity index (χ4v) is 4.11. The van der Waals surface area contributed by atoms with E-state index >= 15 is 0 Å². The van der Waals surface area contributed by atoms with Gasteiger partial charge in [-0.3, -0.25) is 0 Å². The van der Waals surface area contributed by atoms with Crippen LogP contribution in [0.15, 0.2) is 48.5 Å². The lowest BCUT2D eigenvalue weighted by atomic mass is 10.0. The fourth-order valence-electron chi connectivity index (χ4n) is 4.11. The molecule has 26 heavy (non-hydrogen) atoms. The summed E-state index contributed by atoms with van der Waals surface area (Å²) in [5.41, 5.74) is 4.10. The Morgan fingerprint density at radius 3 is 2.46 bits per heavy atom. The zero-order valence-electron chi connectivity index (χ0n) is 16.2. The summed E-state index contributed by atoms with van der Waals surface area (Å²) in [6.07, 6.45) is 6.64. The van der Waals surface area contributed by atoms with Crippen LogP contribution in [-0.4, -0.2) is 19.2 Å². The Hall–Kier alpha value is -1.96. The zero-order chi connectivity index (χ0) is 17.9. The maximum absolute atomic E-state index is 6.23. The van der Waals surface area contributed by atoms with E-state index in [1.54, 1.807) is 0 Å². The minimum Gasteiger partial charge on any atom is -0.489 e. The average Bonchev–Trinajstić information content (AvgIpc) is 3.38. The molecule has 0 bridgehead atoms. The first kappa shape index (κ1) is 17.5. The van der Waals surface area contributed by atoms with Crippen molar-refractivity contribution in [3.8, 4) is 5.75 Å². The second-order valence-corrected chi connectivity index (χ2v) is 8.32. The van der Waals surface area contributed by atoms with Gasteiger partial charge in [-0.2, -0.15) is 0 Å². The van der Waals surface area contributed by atoms with Crippen molar-refractivity contribution < 1.29 is 4.74 Å². The van der Waals surface area contributed by atoms with Crippen molar-refractivity contribution in [2.45, 2.75) is 52.1 Å². The number of anilines is 1. The summed E-state index contributed by atoms with van der Waals surface area (Å²) >= 11 is 0. The van der Waals surface area contributed by atoms with E-state index in [4.69, 9.17) is 4.74 Å². The second kappa shape index (κ2) is 7.73. The van der Waals surface area contributed by atoms with Crippen LogP contribution in [-0.2, 0) is 6.42 Å². The van der Waals surface area contributed by atoms with Crippen molar-refractivity contribution in [3.63, 3.8) is 0 Å². The highest BCUT2D eigenvalue weighted by Crippen LogP contribution is 2.41. The summed E-state index contributed by atoms with van der Waals surface area (Å²) in [6, 6.07) is 17.7. The first-order valence-corrected chi connectivity index (χ1v) is 10.2. The van der Waals surface area contributed by atoms with Gasteiger partial charge in [0.1, 0.15) is 11.9 Å². The predicted molar refractivity (Wildman–Crippen MR) is 109 cm³/mol. The molecular formula is C24H31NO. The average molecular weight is 350 g/mol. The largest absolute Gasteiger partial charge is 0.489 e. The van der Waals surface area contributed by atoms with Gasteiger partial charge < -0.3 is 9.64 Å². The highest BCUT2D eigenvalue weighted by molar-refractivity contribution is 5.48. The Labute approximate surface area is 158 Å². The van der Waals surface area contributed by atoms with E-state index in [9.17, 15) is 0 Å². The van der Waals surface area contributed by atoms with Crippen LogP contribution in [0.2, 0.25) is 0 Å². The molecular weight excluding hydrogens is 318 g/mol. The van der Waals surface area contributed by atoms with Crippen molar-refractivity contribution >= 4 is 5.69 Å². The van der Waals surface area contributed by atoms with Gasteiger partial charge in [0.05, 0.1) is 6.54 Å². The predicted octanol–water partition coefficient (Wildman–Crippen LogP) is 5.63. The Morgan fingerprint density at radius 1 is 1.04 bits per heavy atom. The van der Waals surface area contributed by atoms with Crippen molar-refractivity contribution in [1.29, 1.82) is 0 Å².